The highest BCUT2D eigenvalue weighted by Crippen LogP contribution is 2.30. The van der Waals surface area contributed by atoms with Crippen LogP contribution in [0.25, 0.3) is 0 Å². The molecule has 0 aromatic heterocycles. The predicted octanol–water partition coefficient (Wildman–Crippen LogP) is 2.94. The van der Waals surface area contributed by atoms with Crippen LogP contribution in [0.2, 0.25) is 0 Å². The summed E-state index contributed by atoms with van der Waals surface area (Å²) in [5.41, 5.74) is 3.30. The van der Waals surface area contributed by atoms with Crippen LogP contribution in [-0.4, -0.2) is 10.8 Å². The van der Waals surface area contributed by atoms with Crippen LogP contribution in [0.5, 0.6) is 0 Å². The smallest absolute Gasteiger partial charge is 0.269 e. The topological polar surface area (TPSA) is 72.2 Å². The van der Waals surface area contributed by atoms with Gasteiger partial charge in [0.05, 0.1) is 17.4 Å². The van der Waals surface area contributed by atoms with Gasteiger partial charge in [0, 0.05) is 12.1 Å². The number of carbonyl (C=O) groups excluding carboxylic acids is 1. The summed E-state index contributed by atoms with van der Waals surface area (Å²) in [5, 5.41) is 13.7. The molecule has 3 rings (SSSR count). The third-order valence-corrected chi connectivity index (χ3v) is 3.98. The fourth-order valence-electron chi connectivity index (χ4n) is 2.87. The molecule has 1 aliphatic rings. The first-order valence-electron chi connectivity index (χ1n) is 7.24. The molecule has 112 valence electrons. The standard InChI is InChI=1S/C17H16N2O3/c20-17(11-12-5-8-14(9-6-12)19(21)22)18-16-10-7-13-3-1-2-4-15(13)16/h1-6,8-9,16H,7,10-11H2,(H,18,20). The Hall–Kier alpha value is -2.69. The summed E-state index contributed by atoms with van der Waals surface area (Å²) in [4.78, 5) is 22.3. The van der Waals surface area contributed by atoms with Gasteiger partial charge in [0.2, 0.25) is 5.91 Å². The minimum atomic E-state index is -0.445. The first kappa shape index (κ1) is 14.3. The van der Waals surface area contributed by atoms with Gasteiger partial charge in [0.15, 0.2) is 0 Å². The van der Waals surface area contributed by atoms with Crippen molar-refractivity contribution in [3.05, 3.63) is 75.3 Å². The van der Waals surface area contributed by atoms with E-state index >= 15 is 0 Å². The Morgan fingerprint density at radius 2 is 1.91 bits per heavy atom. The van der Waals surface area contributed by atoms with Crippen LogP contribution in [-0.2, 0) is 17.6 Å². The van der Waals surface area contributed by atoms with Gasteiger partial charge >= 0.3 is 0 Å². The van der Waals surface area contributed by atoms with E-state index in [1.54, 1.807) is 12.1 Å². The first-order valence-corrected chi connectivity index (χ1v) is 7.24. The molecule has 0 radical (unpaired) electrons. The van der Waals surface area contributed by atoms with E-state index < -0.39 is 4.92 Å². The van der Waals surface area contributed by atoms with Gasteiger partial charge in [-0.15, -0.1) is 0 Å². The number of fused-ring (bicyclic) bond motifs is 1. The second kappa shape index (κ2) is 5.97. The van der Waals surface area contributed by atoms with E-state index in [0.717, 1.165) is 18.4 Å². The van der Waals surface area contributed by atoms with E-state index in [4.69, 9.17) is 0 Å². The molecule has 1 amide bonds. The molecule has 1 N–H and O–H groups in total. The minimum Gasteiger partial charge on any atom is -0.349 e. The van der Waals surface area contributed by atoms with Crippen molar-refractivity contribution in [3.63, 3.8) is 0 Å². The zero-order valence-electron chi connectivity index (χ0n) is 12.0. The molecule has 22 heavy (non-hydrogen) atoms. The number of benzene rings is 2. The molecule has 5 nitrogen and oxygen atoms in total. The molecule has 1 atom stereocenters. The Balaban J connectivity index is 1.62. The Kier molecular flexibility index (Phi) is 3.87. The van der Waals surface area contributed by atoms with Crippen LogP contribution in [0.1, 0.15) is 29.2 Å². The number of nitrogens with zero attached hydrogens (tertiary/aromatic N) is 1. The van der Waals surface area contributed by atoms with Crippen molar-refractivity contribution < 1.29 is 9.72 Å². The average molecular weight is 296 g/mol. The van der Waals surface area contributed by atoms with E-state index in [1.165, 1.54) is 23.3 Å². The fourth-order valence-corrected chi connectivity index (χ4v) is 2.87. The molecular formula is C17H16N2O3. The lowest BCUT2D eigenvalue weighted by molar-refractivity contribution is -0.384. The van der Waals surface area contributed by atoms with Gasteiger partial charge in [-0.05, 0) is 29.5 Å². The fraction of sp³-hybridized carbons (Fsp3) is 0.235. The minimum absolute atomic E-state index is 0.0360. The van der Waals surface area contributed by atoms with Crippen LogP contribution in [0, 0.1) is 10.1 Å². The Bertz CT molecular complexity index is 710. The van der Waals surface area contributed by atoms with Gasteiger partial charge < -0.3 is 5.32 Å². The van der Waals surface area contributed by atoms with Crippen molar-refractivity contribution in [3.8, 4) is 0 Å². The second-order valence-electron chi connectivity index (χ2n) is 5.46. The molecule has 0 heterocycles. The molecule has 2 aromatic carbocycles. The molecule has 1 unspecified atom stereocenters. The Labute approximate surface area is 128 Å². The van der Waals surface area contributed by atoms with E-state index in [0.29, 0.717) is 0 Å². The second-order valence-corrected chi connectivity index (χ2v) is 5.46. The van der Waals surface area contributed by atoms with Gasteiger partial charge in [-0.3, -0.25) is 14.9 Å². The predicted molar refractivity (Wildman–Crippen MR) is 82.4 cm³/mol. The molecule has 2 aromatic rings. The highest BCUT2D eigenvalue weighted by atomic mass is 16.6. The maximum atomic E-state index is 12.2. The highest BCUT2D eigenvalue weighted by Gasteiger charge is 2.23. The van der Waals surface area contributed by atoms with Crippen molar-refractivity contribution in [1.29, 1.82) is 0 Å². The lowest BCUT2D eigenvalue weighted by Crippen LogP contribution is -2.28. The lowest BCUT2D eigenvalue weighted by atomic mass is 10.1. The van der Waals surface area contributed by atoms with Crippen molar-refractivity contribution in [2.45, 2.75) is 25.3 Å². The largest absolute Gasteiger partial charge is 0.349 e. The Morgan fingerprint density at radius 1 is 1.18 bits per heavy atom. The number of amides is 1. The number of hydrogen-bond donors (Lipinski definition) is 1. The third-order valence-electron chi connectivity index (χ3n) is 3.98. The van der Waals surface area contributed by atoms with Gasteiger partial charge in [-0.2, -0.15) is 0 Å². The molecule has 0 bridgehead atoms. The average Bonchev–Trinajstić information content (AvgIpc) is 2.91. The number of hydrogen-bond acceptors (Lipinski definition) is 3. The molecule has 5 heteroatoms. The Morgan fingerprint density at radius 3 is 2.64 bits per heavy atom. The van der Waals surface area contributed by atoms with Gasteiger partial charge in [-0.25, -0.2) is 0 Å². The van der Waals surface area contributed by atoms with Crippen molar-refractivity contribution in [2.24, 2.45) is 0 Å². The molecule has 0 saturated carbocycles. The van der Waals surface area contributed by atoms with E-state index in [-0.39, 0.29) is 24.1 Å². The van der Waals surface area contributed by atoms with Gasteiger partial charge in [-0.1, -0.05) is 36.4 Å². The van der Waals surface area contributed by atoms with Crippen LogP contribution in [0.4, 0.5) is 5.69 Å². The highest BCUT2D eigenvalue weighted by molar-refractivity contribution is 5.79. The van der Waals surface area contributed by atoms with Crippen LogP contribution < -0.4 is 5.32 Å². The van der Waals surface area contributed by atoms with E-state index in [9.17, 15) is 14.9 Å². The summed E-state index contributed by atoms with van der Waals surface area (Å²) < 4.78 is 0. The molecule has 0 spiro atoms. The number of rotatable bonds is 4. The first-order chi connectivity index (χ1) is 10.6. The van der Waals surface area contributed by atoms with Crippen LogP contribution in [0.15, 0.2) is 48.5 Å². The van der Waals surface area contributed by atoms with E-state index in [1.807, 2.05) is 12.1 Å². The molecule has 0 aliphatic heterocycles. The summed E-state index contributed by atoms with van der Waals surface area (Å²) in [7, 11) is 0. The summed E-state index contributed by atoms with van der Waals surface area (Å²) in [5.74, 6) is -0.0597. The summed E-state index contributed by atoms with van der Waals surface area (Å²) in [6.07, 6.45) is 2.14. The van der Waals surface area contributed by atoms with Crippen LogP contribution >= 0.6 is 0 Å². The normalized spacial score (nSPS) is 16.1. The van der Waals surface area contributed by atoms with Crippen molar-refractivity contribution in [1.82, 2.24) is 5.32 Å². The lowest BCUT2D eigenvalue weighted by Gasteiger charge is -2.14. The molecular weight excluding hydrogens is 280 g/mol. The van der Waals surface area contributed by atoms with E-state index in [2.05, 4.69) is 17.4 Å². The maximum Gasteiger partial charge on any atom is 0.269 e. The summed E-state index contributed by atoms with van der Waals surface area (Å²) in [6.45, 7) is 0. The zero-order valence-corrected chi connectivity index (χ0v) is 12.0. The number of nitrogens with one attached hydrogen (secondary N) is 1. The van der Waals surface area contributed by atoms with Gasteiger partial charge in [0.25, 0.3) is 5.69 Å². The SMILES string of the molecule is O=C(Cc1ccc([N+](=O)[O-])cc1)NC1CCc2ccccc21. The number of aryl methyl sites for hydroxylation is 1. The van der Waals surface area contributed by atoms with Crippen LogP contribution in [0.3, 0.4) is 0 Å². The third kappa shape index (κ3) is 2.98. The monoisotopic (exact) mass is 296 g/mol. The quantitative estimate of drug-likeness (QED) is 0.696. The maximum absolute atomic E-state index is 12.2. The molecule has 1 aliphatic carbocycles. The number of carbonyl (C=O) groups is 1. The van der Waals surface area contributed by atoms with Crippen molar-refractivity contribution >= 4 is 11.6 Å². The molecule has 0 saturated heterocycles. The number of nitro benzene ring substituents is 1. The summed E-state index contributed by atoms with van der Waals surface area (Å²) >= 11 is 0. The summed E-state index contributed by atoms with van der Waals surface area (Å²) in [6, 6.07) is 14.3. The van der Waals surface area contributed by atoms with Gasteiger partial charge in [0.1, 0.15) is 0 Å². The zero-order chi connectivity index (χ0) is 15.5. The van der Waals surface area contributed by atoms with Crippen molar-refractivity contribution in [2.75, 3.05) is 0 Å². The number of non-ortho nitro benzene ring substituents is 1. The number of nitro groups is 1. The molecule has 0 fully saturated rings.